The van der Waals surface area contributed by atoms with Crippen LogP contribution in [0.4, 0.5) is 0 Å². The lowest BCUT2D eigenvalue weighted by molar-refractivity contribution is -0.138. The van der Waals surface area contributed by atoms with E-state index in [-0.39, 0.29) is 17.9 Å². The summed E-state index contributed by atoms with van der Waals surface area (Å²) in [5.74, 6) is 0.671. The van der Waals surface area contributed by atoms with Gasteiger partial charge in [0.1, 0.15) is 5.70 Å². The van der Waals surface area contributed by atoms with E-state index in [2.05, 4.69) is 18.7 Å². The number of piperidine rings is 1. The predicted octanol–water partition coefficient (Wildman–Crippen LogP) is 3.87. The first-order valence-electron chi connectivity index (χ1n) is 10.8. The fraction of sp³-hybridized carbons (Fsp3) is 0.583. The first-order valence-corrected chi connectivity index (χ1v) is 10.8. The number of likely N-dealkylation sites (tertiary alicyclic amines) is 1. The van der Waals surface area contributed by atoms with Crippen LogP contribution < -0.4 is 0 Å². The zero-order valence-electron chi connectivity index (χ0n) is 18.4. The summed E-state index contributed by atoms with van der Waals surface area (Å²) >= 11 is 0. The van der Waals surface area contributed by atoms with Gasteiger partial charge >= 0.3 is 0 Å². The van der Waals surface area contributed by atoms with E-state index in [9.17, 15) is 9.59 Å². The highest BCUT2D eigenvalue weighted by molar-refractivity contribution is 6.35. The van der Waals surface area contributed by atoms with Gasteiger partial charge in [0.25, 0.3) is 11.8 Å². The van der Waals surface area contributed by atoms with Gasteiger partial charge in [-0.25, -0.2) is 0 Å². The maximum absolute atomic E-state index is 13.4. The SMILES string of the molecule is Cc1ccc(C2=C(N3CC(C)CC(C)C3)C(=O)N(CCCOC(C)C)C2=O)cc1. The van der Waals surface area contributed by atoms with Crippen molar-refractivity contribution in [2.45, 2.75) is 53.6 Å². The summed E-state index contributed by atoms with van der Waals surface area (Å²) in [5.41, 5.74) is 3.11. The van der Waals surface area contributed by atoms with E-state index in [4.69, 9.17) is 4.74 Å². The fourth-order valence-corrected chi connectivity index (χ4v) is 4.43. The highest BCUT2D eigenvalue weighted by atomic mass is 16.5. The maximum atomic E-state index is 13.4. The molecular formula is C24H34N2O3. The van der Waals surface area contributed by atoms with Gasteiger partial charge in [0.05, 0.1) is 11.7 Å². The highest BCUT2D eigenvalue weighted by Crippen LogP contribution is 2.35. The maximum Gasteiger partial charge on any atom is 0.277 e. The molecule has 5 nitrogen and oxygen atoms in total. The molecule has 0 N–H and O–H groups in total. The number of hydrogen-bond acceptors (Lipinski definition) is 4. The molecule has 3 rings (SSSR count). The largest absolute Gasteiger partial charge is 0.379 e. The number of amides is 2. The molecular weight excluding hydrogens is 364 g/mol. The molecule has 0 bridgehead atoms. The number of hydrogen-bond donors (Lipinski definition) is 0. The molecule has 2 atom stereocenters. The second-order valence-corrected chi connectivity index (χ2v) is 8.98. The number of imide groups is 1. The van der Waals surface area contributed by atoms with E-state index >= 15 is 0 Å². The molecule has 1 aromatic carbocycles. The van der Waals surface area contributed by atoms with E-state index < -0.39 is 0 Å². The first-order chi connectivity index (χ1) is 13.8. The highest BCUT2D eigenvalue weighted by Gasteiger charge is 2.42. The molecule has 0 aliphatic carbocycles. The second-order valence-electron chi connectivity index (χ2n) is 8.98. The molecule has 2 aliphatic heterocycles. The minimum absolute atomic E-state index is 0.146. The lowest BCUT2D eigenvalue weighted by Crippen LogP contribution is -2.42. The summed E-state index contributed by atoms with van der Waals surface area (Å²) in [6.45, 7) is 13.0. The van der Waals surface area contributed by atoms with Crippen LogP contribution in [0, 0.1) is 18.8 Å². The Morgan fingerprint density at radius 1 is 1.03 bits per heavy atom. The van der Waals surface area contributed by atoms with Crippen molar-refractivity contribution in [3.63, 3.8) is 0 Å². The number of aryl methyl sites for hydroxylation is 1. The van der Waals surface area contributed by atoms with Crippen molar-refractivity contribution in [2.75, 3.05) is 26.2 Å². The van der Waals surface area contributed by atoms with Crippen LogP contribution in [-0.4, -0.2) is 54.0 Å². The van der Waals surface area contributed by atoms with Crippen LogP contribution in [0.3, 0.4) is 0 Å². The lowest BCUT2D eigenvalue weighted by Gasteiger charge is -2.37. The van der Waals surface area contributed by atoms with E-state index in [1.165, 1.54) is 4.90 Å². The van der Waals surface area contributed by atoms with Crippen LogP contribution in [0.2, 0.25) is 0 Å². The molecule has 2 heterocycles. The van der Waals surface area contributed by atoms with Crippen molar-refractivity contribution in [3.05, 3.63) is 41.1 Å². The molecule has 0 spiro atoms. The van der Waals surface area contributed by atoms with Crippen molar-refractivity contribution in [1.29, 1.82) is 0 Å². The average Bonchev–Trinajstić information content (AvgIpc) is 2.89. The smallest absolute Gasteiger partial charge is 0.277 e. The summed E-state index contributed by atoms with van der Waals surface area (Å²) in [6.07, 6.45) is 1.95. The minimum Gasteiger partial charge on any atom is -0.379 e. The molecule has 5 heteroatoms. The first kappa shape index (κ1) is 21.6. The van der Waals surface area contributed by atoms with Gasteiger partial charge in [-0.3, -0.25) is 14.5 Å². The minimum atomic E-state index is -0.177. The third-order valence-electron chi connectivity index (χ3n) is 5.65. The molecule has 0 radical (unpaired) electrons. The zero-order valence-corrected chi connectivity index (χ0v) is 18.4. The third-order valence-corrected chi connectivity index (χ3v) is 5.65. The molecule has 1 fully saturated rings. The van der Waals surface area contributed by atoms with Crippen molar-refractivity contribution in [2.24, 2.45) is 11.8 Å². The van der Waals surface area contributed by atoms with Gasteiger partial charge in [-0.05, 0) is 51.0 Å². The standard InChI is InChI=1S/C24H34N2O3/c1-16(2)29-12-6-11-26-23(27)21(20-9-7-17(3)8-10-20)22(24(26)28)25-14-18(4)13-19(5)15-25/h7-10,16,18-19H,6,11-15H2,1-5H3. The fourth-order valence-electron chi connectivity index (χ4n) is 4.43. The van der Waals surface area contributed by atoms with Gasteiger partial charge in [-0.2, -0.15) is 0 Å². The predicted molar refractivity (Wildman–Crippen MR) is 115 cm³/mol. The number of rotatable bonds is 7. The molecule has 1 saturated heterocycles. The summed E-state index contributed by atoms with van der Waals surface area (Å²) in [7, 11) is 0. The van der Waals surface area contributed by atoms with E-state index in [1.807, 2.05) is 45.0 Å². The summed E-state index contributed by atoms with van der Waals surface area (Å²) in [4.78, 5) is 30.3. The van der Waals surface area contributed by atoms with E-state index in [0.29, 0.717) is 42.7 Å². The quantitative estimate of drug-likeness (QED) is 0.517. The Kier molecular flexibility index (Phi) is 6.78. The van der Waals surface area contributed by atoms with Gasteiger partial charge in [-0.1, -0.05) is 43.7 Å². The monoisotopic (exact) mass is 398 g/mol. The van der Waals surface area contributed by atoms with Crippen LogP contribution in [0.5, 0.6) is 0 Å². The van der Waals surface area contributed by atoms with Crippen LogP contribution in [0.25, 0.3) is 5.57 Å². The van der Waals surface area contributed by atoms with Crippen molar-refractivity contribution in [3.8, 4) is 0 Å². The molecule has 2 amide bonds. The normalized spacial score (nSPS) is 23.0. The van der Waals surface area contributed by atoms with Crippen LogP contribution >= 0.6 is 0 Å². The van der Waals surface area contributed by atoms with Crippen molar-refractivity contribution in [1.82, 2.24) is 9.80 Å². The van der Waals surface area contributed by atoms with Crippen molar-refractivity contribution < 1.29 is 14.3 Å². The molecule has 0 saturated carbocycles. The topological polar surface area (TPSA) is 49.9 Å². The van der Waals surface area contributed by atoms with Crippen molar-refractivity contribution >= 4 is 17.4 Å². The number of carbonyl (C=O) groups is 2. The molecule has 158 valence electrons. The Morgan fingerprint density at radius 3 is 2.24 bits per heavy atom. The average molecular weight is 399 g/mol. The Labute approximate surface area is 174 Å². The summed E-state index contributed by atoms with van der Waals surface area (Å²) in [5, 5.41) is 0. The van der Waals surface area contributed by atoms with Gasteiger partial charge in [0.15, 0.2) is 0 Å². The van der Waals surface area contributed by atoms with Gasteiger partial charge in [0.2, 0.25) is 0 Å². The van der Waals surface area contributed by atoms with Gasteiger partial charge in [-0.15, -0.1) is 0 Å². The lowest BCUT2D eigenvalue weighted by atomic mass is 9.91. The number of ether oxygens (including phenoxy) is 1. The Bertz CT molecular complexity index is 772. The van der Waals surface area contributed by atoms with Gasteiger partial charge < -0.3 is 9.64 Å². The number of benzene rings is 1. The van der Waals surface area contributed by atoms with Crippen LogP contribution in [0.15, 0.2) is 30.0 Å². The Morgan fingerprint density at radius 2 is 1.66 bits per heavy atom. The van der Waals surface area contributed by atoms with Gasteiger partial charge in [0, 0.05) is 26.2 Å². The van der Waals surface area contributed by atoms with E-state index in [1.54, 1.807) is 0 Å². The molecule has 0 aromatic heterocycles. The number of carbonyl (C=O) groups excluding carboxylic acids is 2. The molecule has 2 unspecified atom stereocenters. The van der Waals surface area contributed by atoms with Crippen LogP contribution in [-0.2, 0) is 14.3 Å². The Balaban J connectivity index is 1.90. The van der Waals surface area contributed by atoms with Crippen LogP contribution in [0.1, 0.15) is 51.7 Å². The Hall–Kier alpha value is -2.14. The molecule has 29 heavy (non-hydrogen) atoms. The third kappa shape index (κ3) is 4.89. The second kappa shape index (κ2) is 9.12. The summed E-state index contributed by atoms with van der Waals surface area (Å²) < 4.78 is 5.59. The number of nitrogens with zero attached hydrogens (tertiary/aromatic N) is 2. The molecule has 2 aliphatic rings. The van der Waals surface area contributed by atoms with E-state index in [0.717, 1.165) is 30.6 Å². The zero-order chi connectivity index (χ0) is 21.1. The molecule has 1 aromatic rings. The summed E-state index contributed by atoms with van der Waals surface area (Å²) in [6, 6.07) is 7.91.